The van der Waals surface area contributed by atoms with E-state index in [0.29, 0.717) is 5.56 Å². The number of hydrogen-bond donors (Lipinski definition) is 1. The van der Waals surface area contributed by atoms with Gasteiger partial charge in [0.2, 0.25) is 17.8 Å². The summed E-state index contributed by atoms with van der Waals surface area (Å²) in [4.78, 5) is 98.9. The van der Waals surface area contributed by atoms with Gasteiger partial charge in [-0.15, -0.1) is 0 Å². The summed E-state index contributed by atoms with van der Waals surface area (Å²) in [7, 11) is 0. The summed E-state index contributed by atoms with van der Waals surface area (Å²) in [6.07, 6.45) is -13.8. The first-order valence-electron chi connectivity index (χ1n) is 18.9. The average Bonchev–Trinajstić information content (AvgIpc) is 3.15. The van der Waals surface area contributed by atoms with E-state index in [-0.39, 0.29) is 28.0 Å². The normalized spacial score (nSPS) is 25.7. The summed E-state index contributed by atoms with van der Waals surface area (Å²) in [5.41, 5.74) is -0.367. The molecule has 1 N–H and O–H groups in total. The van der Waals surface area contributed by atoms with E-state index in [1.807, 2.05) is 0 Å². The molecule has 3 aromatic rings. The van der Waals surface area contributed by atoms with Crippen molar-refractivity contribution in [3.8, 4) is 28.4 Å². The SMILES string of the molecule is CC(=O)Oc1ccc(-c2coc3cc(O[C@@H]4O[C@H](CO[C@H]5O[C@@H](C)[C@@H](OC(C)=O)[C@H](OC(C)=O)[C@@H]5OC(C)=O)[C@@H](OC(C)=O)[C@H](OC(C)=O)[C@H]4OC(C)=O)cc(O)c3c2=O)cc1. The van der Waals surface area contributed by atoms with Crippen LogP contribution in [0.5, 0.6) is 17.2 Å². The van der Waals surface area contributed by atoms with Crippen molar-refractivity contribution in [2.75, 3.05) is 6.61 Å². The highest BCUT2D eigenvalue weighted by Gasteiger charge is 2.55. The zero-order valence-corrected chi connectivity index (χ0v) is 34.6. The number of fused-ring (bicyclic) bond motifs is 1. The molecule has 0 unspecified atom stereocenters. The van der Waals surface area contributed by atoms with Gasteiger partial charge in [0.25, 0.3) is 0 Å². The molecular formula is C41H44O21. The number of rotatable bonds is 13. The molecular weight excluding hydrogens is 828 g/mol. The van der Waals surface area contributed by atoms with E-state index in [1.165, 1.54) is 44.2 Å². The van der Waals surface area contributed by atoms with Gasteiger partial charge in [-0.05, 0) is 24.6 Å². The van der Waals surface area contributed by atoms with Crippen LogP contribution in [0.15, 0.2) is 51.9 Å². The fraction of sp³-hybridized carbons (Fsp3) is 0.463. The van der Waals surface area contributed by atoms with E-state index in [9.17, 15) is 43.5 Å². The van der Waals surface area contributed by atoms with Gasteiger partial charge in [0, 0.05) is 60.6 Å². The smallest absolute Gasteiger partial charge is 0.308 e. The lowest BCUT2D eigenvalue weighted by Gasteiger charge is -2.46. The third-order valence-electron chi connectivity index (χ3n) is 9.06. The van der Waals surface area contributed by atoms with Crippen molar-refractivity contribution in [2.24, 2.45) is 0 Å². The molecule has 0 spiro atoms. The molecule has 21 nitrogen and oxygen atoms in total. The number of phenolic OH excluding ortho intramolecular Hbond substituents is 1. The Morgan fingerprint density at radius 1 is 0.597 bits per heavy atom. The molecule has 2 fully saturated rings. The Hall–Kier alpha value is -6.58. The molecule has 62 heavy (non-hydrogen) atoms. The highest BCUT2D eigenvalue weighted by Crippen LogP contribution is 2.36. The van der Waals surface area contributed by atoms with E-state index < -0.39 is 121 Å². The van der Waals surface area contributed by atoms with Crippen LogP contribution in [0.25, 0.3) is 22.1 Å². The van der Waals surface area contributed by atoms with E-state index in [0.717, 1.165) is 53.9 Å². The molecule has 10 atom stereocenters. The maximum absolute atomic E-state index is 13.6. The summed E-state index contributed by atoms with van der Waals surface area (Å²) < 4.78 is 67.9. The molecule has 2 saturated heterocycles. The van der Waals surface area contributed by atoms with Crippen LogP contribution in [0.1, 0.15) is 55.4 Å². The second-order valence-corrected chi connectivity index (χ2v) is 14.1. The van der Waals surface area contributed by atoms with E-state index in [1.54, 1.807) is 0 Å². The van der Waals surface area contributed by atoms with Crippen LogP contribution in [0.2, 0.25) is 0 Å². The van der Waals surface area contributed by atoms with Crippen LogP contribution >= 0.6 is 0 Å². The van der Waals surface area contributed by atoms with E-state index >= 15 is 0 Å². The van der Waals surface area contributed by atoms with Gasteiger partial charge in [-0.1, -0.05) is 12.1 Å². The van der Waals surface area contributed by atoms with Gasteiger partial charge < -0.3 is 61.6 Å². The molecule has 5 rings (SSSR count). The maximum Gasteiger partial charge on any atom is 0.308 e. The third kappa shape index (κ3) is 11.4. The lowest BCUT2D eigenvalue weighted by molar-refractivity contribution is -0.323. The molecule has 0 bridgehead atoms. The number of aromatic hydroxyl groups is 1. The topological polar surface area (TPSA) is 271 Å². The summed E-state index contributed by atoms with van der Waals surface area (Å²) in [6.45, 7) is 8.43. The first-order valence-corrected chi connectivity index (χ1v) is 18.9. The summed E-state index contributed by atoms with van der Waals surface area (Å²) in [5, 5.41) is 10.9. The predicted octanol–water partition coefficient (Wildman–Crippen LogP) is 2.55. The third-order valence-corrected chi connectivity index (χ3v) is 9.06. The Morgan fingerprint density at radius 3 is 1.65 bits per heavy atom. The van der Waals surface area contributed by atoms with Crippen LogP contribution in [0, 0.1) is 0 Å². The number of ether oxygens (including phenoxy) is 11. The first kappa shape index (κ1) is 46.5. The molecule has 2 aromatic carbocycles. The minimum absolute atomic E-state index is 0.0540. The quantitative estimate of drug-likeness (QED) is 0.147. The average molecular weight is 873 g/mol. The van der Waals surface area contributed by atoms with Gasteiger partial charge in [-0.3, -0.25) is 38.4 Å². The number of carbonyl (C=O) groups excluding carboxylic acids is 7. The summed E-state index contributed by atoms with van der Waals surface area (Å²) >= 11 is 0. The fourth-order valence-electron chi connectivity index (χ4n) is 6.86. The Bertz CT molecular complexity index is 2250. The number of hydrogen-bond acceptors (Lipinski definition) is 21. The monoisotopic (exact) mass is 872 g/mol. The minimum Gasteiger partial charge on any atom is -0.507 e. The molecule has 0 amide bonds. The Balaban J connectivity index is 1.51. The van der Waals surface area contributed by atoms with Crippen LogP contribution in [0.4, 0.5) is 0 Å². The summed E-state index contributed by atoms with van der Waals surface area (Å²) in [6, 6.07) is 8.23. The number of esters is 7. The molecule has 21 heteroatoms. The van der Waals surface area contributed by atoms with Gasteiger partial charge in [0.15, 0.2) is 36.8 Å². The Kier molecular flexibility index (Phi) is 14.9. The van der Waals surface area contributed by atoms with Crippen molar-refractivity contribution in [2.45, 2.75) is 117 Å². The molecule has 1 aromatic heterocycles. The van der Waals surface area contributed by atoms with Gasteiger partial charge in [-0.25, -0.2) is 0 Å². The molecule has 0 saturated carbocycles. The standard InChI is InChI=1S/C41H44O21/c1-17-34(55-19(3)43)36(57-21(5)45)38(59-23(7)47)40(53-17)52-16-31-35(56-20(4)44)37(58-22(6)46)39(60-24(8)48)41(62-31)61-27-13-29(49)32-30(14-27)51-15-28(33(32)50)25-9-11-26(12-10-25)54-18(2)42/h9-15,17,31,34-41,49H,16H2,1-8H3/t17-,31+,34+,35+,36-,37-,38-,39+,40-,41+/m0/s1. The molecule has 2 aliphatic heterocycles. The van der Waals surface area contributed by atoms with Crippen LogP contribution in [-0.4, -0.2) is 115 Å². The van der Waals surface area contributed by atoms with Crippen molar-refractivity contribution in [3.05, 3.63) is 52.9 Å². The number of carbonyl (C=O) groups is 7. The second kappa shape index (κ2) is 19.9. The van der Waals surface area contributed by atoms with Gasteiger partial charge in [0.1, 0.15) is 40.6 Å². The highest BCUT2D eigenvalue weighted by atomic mass is 16.8. The largest absolute Gasteiger partial charge is 0.507 e. The maximum atomic E-state index is 13.6. The minimum atomic E-state index is -1.75. The van der Waals surface area contributed by atoms with Crippen molar-refractivity contribution in [3.63, 3.8) is 0 Å². The first-order chi connectivity index (χ1) is 29.2. The zero-order valence-electron chi connectivity index (χ0n) is 34.6. The fourth-order valence-corrected chi connectivity index (χ4v) is 6.86. The Morgan fingerprint density at radius 2 is 1.10 bits per heavy atom. The van der Waals surface area contributed by atoms with E-state index in [2.05, 4.69) is 0 Å². The second-order valence-electron chi connectivity index (χ2n) is 14.1. The molecule has 0 aliphatic carbocycles. The predicted molar refractivity (Wildman–Crippen MR) is 204 cm³/mol. The van der Waals surface area contributed by atoms with E-state index in [4.69, 9.17) is 56.5 Å². The summed E-state index contributed by atoms with van der Waals surface area (Å²) in [5.74, 6) is -6.28. The molecule has 3 heterocycles. The highest BCUT2D eigenvalue weighted by molar-refractivity contribution is 5.88. The van der Waals surface area contributed by atoms with Crippen molar-refractivity contribution >= 4 is 52.8 Å². The molecule has 2 aliphatic rings. The van der Waals surface area contributed by atoms with Gasteiger partial charge in [0.05, 0.1) is 18.3 Å². The van der Waals surface area contributed by atoms with Gasteiger partial charge >= 0.3 is 41.8 Å². The van der Waals surface area contributed by atoms with Crippen molar-refractivity contribution in [1.29, 1.82) is 0 Å². The zero-order chi connectivity index (χ0) is 45.6. The van der Waals surface area contributed by atoms with Crippen molar-refractivity contribution in [1.82, 2.24) is 0 Å². The van der Waals surface area contributed by atoms with Crippen LogP contribution in [-0.2, 0) is 76.2 Å². The van der Waals surface area contributed by atoms with Crippen LogP contribution < -0.4 is 14.9 Å². The van der Waals surface area contributed by atoms with Crippen LogP contribution in [0.3, 0.4) is 0 Å². The van der Waals surface area contributed by atoms with Gasteiger partial charge in [-0.2, -0.15) is 0 Å². The lowest BCUT2D eigenvalue weighted by atomic mass is 9.97. The Labute approximate surface area is 352 Å². The number of benzene rings is 2. The van der Waals surface area contributed by atoms with Crippen molar-refractivity contribution < 1.29 is 95.2 Å². The molecule has 0 radical (unpaired) electrons. The molecule has 334 valence electrons. The number of phenols is 1. The lowest BCUT2D eigenvalue weighted by Crippen LogP contribution is -2.64.